The maximum atomic E-state index is 12.9. The predicted octanol–water partition coefficient (Wildman–Crippen LogP) is 17.6. The summed E-state index contributed by atoms with van der Waals surface area (Å²) < 4.78 is 60.7. The van der Waals surface area contributed by atoms with Crippen molar-refractivity contribution < 1.29 is 75.8 Å². The maximum absolute atomic E-state index is 12.9. The van der Waals surface area contributed by atoms with E-state index < -0.39 is 91.5 Å². The SMILES string of the molecule is CC/C=C\C/C=C\C/C=C\C/C=C\C/C=C\C/C=C\CCCCC(=O)OCC(O)COP(=O)(O)OCC(O)COP(=O)(O)OCC(COC(=O)CCCCCCCC/C=C\C/C=C\C/C=C\C/C=C\CC)OC(=O)CCCCCCC/C=C\CCCC. The van der Waals surface area contributed by atoms with Gasteiger partial charge < -0.3 is 34.2 Å². The van der Waals surface area contributed by atoms with Crippen LogP contribution in [0.3, 0.4) is 0 Å². The highest BCUT2D eigenvalue weighted by atomic mass is 31.2. The number of esters is 3. The number of phosphoric acid groups is 2. The fourth-order valence-corrected chi connectivity index (χ4v) is 9.48. The number of phosphoric ester groups is 2. The molecule has 0 saturated heterocycles. The van der Waals surface area contributed by atoms with Crippen LogP contribution in [0, 0.1) is 0 Å². The van der Waals surface area contributed by atoms with Crippen LogP contribution >= 0.6 is 15.6 Å². The molecule has 0 rings (SSSR count). The van der Waals surface area contributed by atoms with Crippen LogP contribution in [0.2, 0.25) is 0 Å². The Kier molecular flexibility index (Phi) is 58.8. The van der Waals surface area contributed by atoms with Gasteiger partial charge in [-0.05, 0) is 128 Å². The minimum Gasteiger partial charge on any atom is -0.463 e. The van der Waals surface area contributed by atoms with E-state index in [4.69, 9.17) is 32.3 Å². The van der Waals surface area contributed by atoms with Crippen molar-refractivity contribution >= 4 is 33.6 Å². The highest BCUT2D eigenvalue weighted by molar-refractivity contribution is 7.47. The largest absolute Gasteiger partial charge is 0.472 e. The summed E-state index contributed by atoms with van der Waals surface area (Å²) in [6.45, 7) is 2.28. The Balaban J connectivity index is 4.67. The number of aliphatic hydroxyl groups excluding tert-OH is 2. The van der Waals surface area contributed by atoms with E-state index in [1.165, 1.54) is 12.8 Å². The van der Waals surface area contributed by atoms with Crippen LogP contribution < -0.4 is 0 Å². The highest BCUT2D eigenvalue weighted by Gasteiger charge is 2.29. The fraction of sp³-hybridized carbons (Fsp3) is 0.638. The summed E-state index contributed by atoms with van der Waals surface area (Å²) in [5.41, 5.74) is 0. The summed E-state index contributed by atoms with van der Waals surface area (Å²) in [5.74, 6) is -1.65. The molecule has 0 aliphatic rings. The van der Waals surface area contributed by atoms with Gasteiger partial charge in [0.1, 0.15) is 25.4 Å². The van der Waals surface area contributed by atoms with Gasteiger partial charge in [0, 0.05) is 19.3 Å². The van der Waals surface area contributed by atoms with Crippen LogP contribution in [0.25, 0.3) is 0 Å². The molecule has 0 aromatic heterocycles. The number of carbonyl (C=O) groups is 3. The van der Waals surface area contributed by atoms with E-state index in [0.29, 0.717) is 19.3 Å². The first-order valence-corrected chi connectivity index (χ1v) is 35.5. The molecule has 0 saturated carbocycles. The highest BCUT2D eigenvalue weighted by Crippen LogP contribution is 2.45. The van der Waals surface area contributed by atoms with Gasteiger partial charge in [-0.3, -0.25) is 32.5 Å². The second kappa shape index (κ2) is 61.9. The normalized spacial score (nSPS) is 15.2. The van der Waals surface area contributed by atoms with Crippen molar-refractivity contribution in [3.8, 4) is 0 Å². The molecule has 0 bridgehead atoms. The van der Waals surface area contributed by atoms with E-state index in [9.17, 15) is 43.5 Å². The molecular weight excluding hydrogens is 1150 g/mol. The summed E-state index contributed by atoms with van der Waals surface area (Å²) in [4.78, 5) is 58.2. The quantitative estimate of drug-likeness (QED) is 0.0146. The van der Waals surface area contributed by atoms with Crippen molar-refractivity contribution in [1.29, 1.82) is 0 Å². The van der Waals surface area contributed by atoms with E-state index in [1.807, 2.05) is 0 Å². The lowest BCUT2D eigenvalue weighted by Gasteiger charge is -2.21. The summed E-state index contributed by atoms with van der Waals surface area (Å²) in [7, 11) is -9.79. The molecule has 0 radical (unpaired) electrons. The zero-order chi connectivity index (χ0) is 63.8. The number of aliphatic hydroxyl groups is 2. The lowest BCUT2D eigenvalue weighted by molar-refractivity contribution is -0.161. The molecular formula is C69H114O16P2. The molecule has 18 heteroatoms. The molecule has 0 aliphatic carbocycles. The summed E-state index contributed by atoms with van der Waals surface area (Å²) >= 11 is 0. The first-order valence-electron chi connectivity index (χ1n) is 32.5. The lowest BCUT2D eigenvalue weighted by atomic mass is 10.1. The molecule has 87 heavy (non-hydrogen) atoms. The van der Waals surface area contributed by atoms with Crippen LogP contribution in [0.4, 0.5) is 0 Å². The monoisotopic (exact) mass is 1260 g/mol. The number of ether oxygens (including phenoxy) is 3. The number of allylic oxidation sites excluding steroid dienone is 22. The Morgan fingerprint density at radius 1 is 0.333 bits per heavy atom. The Morgan fingerprint density at radius 3 is 1.00 bits per heavy atom. The number of hydrogen-bond acceptors (Lipinski definition) is 14. The molecule has 5 atom stereocenters. The fourth-order valence-electron chi connectivity index (χ4n) is 7.90. The third kappa shape index (κ3) is 63.1. The van der Waals surface area contributed by atoms with Crippen molar-refractivity contribution in [2.45, 2.75) is 245 Å². The lowest BCUT2D eigenvalue weighted by Crippen LogP contribution is -2.30. The van der Waals surface area contributed by atoms with Crippen molar-refractivity contribution in [3.63, 3.8) is 0 Å². The van der Waals surface area contributed by atoms with E-state index in [0.717, 1.165) is 154 Å². The number of rotatable bonds is 60. The van der Waals surface area contributed by atoms with Crippen molar-refractivity contribution in [3.05, 3.63) is 134 Å². The standard InChI is InChI=1S/C69H114O16P2/c1-4-7-10-13-16-19-22-24-26-28-30-31-33-35-36-38-41-43-46-49-52-55-67(72)79-58-64(70)59-81-86(75,76)82-60-65(71)61-83-87(77,78)84-63-66(85-69(74)57-54-51-48-45-40-21-18-15-12-9-6-3)62-80-68(73)56-53-50-47-44-42-39-37-34-32-29-27-25-23-20-17-14-11-8-5-2/h7-8,10-11,15-20,24-27,30-32,34-36,41,43,64-66,70-71H,4-6,9,12-14,21-23,28-29,33,37-40,42,44-63H2,1-3H3,(H,75,76)(H,77,78)/b10-7-,11-8-,18-15-,19-16-,20-17-,26-24-,27-25-,31-30-,34-32-,36-35-,43-41-. The molecule has 16 nitrogen and oxygen atoms in total. The van der Waals surface area contributed by atoms with Gasteiger partial charge in [-0.25, -0.2) is 9.13 Å². The van der Waals surface area contributed by atoms with Gasteiger partial charge in [-0.1, -0.05) is 212 Å². The van der Waals surface area contributed by atoms with Crippen LogP contribution in [-0.4, -0.2) is 95.9 Å². The Hall–Kier alpha value is -4.31. The second-order valence-electron chi connectivity index (χ2n) is 21.1. The van der Waals surface area contributed by atoms with Crippen LogP contribution in [0.15, 0.2) is 134 Å². The molecule has 0 heterocycles. The molecule has 0 aromatic rings. The zero-order valence-corrected chi connectivity index (χ0v) is 55.2. The average Bonchev–Trinajstić information content (AvgIpc) is 3.57. The van der Waals surface area contributed by atoms with Crippen molar-refractivity contribution in [1.82, 2.24) is 0 Å². The third-order valence-corrected chi connectivity index (χ3v) is 14.7. The van der Waals surface area contributed by atoms with Crippen LogP contribution in [-0.2, 0) is 55.8 Å². The summed E-state index contributed by atoms with van der Waals surface area (Å²) in [5, 5.41) is 20.5. The van der Waals surface area contributed by atoms with Gasteiger partial charge in [0.15, 0.2) is 6.10 Å². The number of unbranched alkanes of at least 4 members (excludes halogenated alkanes) is 15. The average molecular weight is 1260 g/mol. The van der Waals surface area contributed by atoms with Crippen molar-refractivity contribution in [2.75, 3.05) is 39.6 Å². The zero-order valence-electron chi connectivity index (χ0n) is 53.4. The van der Waals surface area contributed by atoms with Gasteiger partial charge >= 0.3 is 33.6 Å². The Bertz CT molecular complexity index is 2120. The van der Waals surface area contributed by atoms with E-state index >= 15 is 0 Å². The Labute approximate surface area is 525 Å². The van der Waals surface area contributed by atoms with E-state index in [1.54, 1.807) is 0 Å². The van der Waals surface area contributed by atoms with Gasteiger partial charge in [0.2, 0.25) is 0 Å². The summed E-state index contributed by atoms with van der Waals surface area (Å²) in [6.07, 6.45) is 70.9. The molecule has 4 N–H and O–H groups in total. The molecule has 0 amide bonds. The molecule has 496 valence electrons. The smallest absolute Gasteiger partial charge is 0.463 e. The maximum Gasteiger partial charge on any atom is 0.472 e. The van der Waals surface area contributed by atoms with E-state index in [-0.39, 0.29) is 19.3 Å². The minimum atomic E-state index is -4.93. The summed E-state index contributed by atoms with van der Waals surface area (Å²) in [6, 6.07) is 0. The molecule has 0 aliphatic heterocycles. The van der Waals surface area contributed by atoms with Crippen LogP contribution in [0.5, 0.6) is 0 Å². The van der Waals surface area contributed by atoms with Crippen LogP contribution in [0.1, 0.15) is 226 Å². The first kappa shape index (κ1) is 82.7. The van der Waals surface area contributed by atoms with Gasteiger partial charge in [-0.15, -0.1) is 0 Å². The van der Waals surface area contributed by atoms with Gasteiger partial charge in [0.25, 0.3) is 0 Å². The molecule has 0 aromatic carbocycles. The van der Waals surface area contributed by atoms with Crippen molar-refractivity contribution in [2.24, 2.45) is 0 Å². The third-order valence-electron chi connectivity index (χ3n) is 12.8. The van der Waals surface area contributed by atoms with Gasteiger partial charge in [0.05, 0.1) is 26.4 Å². The first-order chi connectivity index (χ1) is 42.2. The predicted molar refractivity (Wildman–Crippen MR) is 353 cm³/mol. The minimum absolute atomic E-state index is 0.0858. The number of carbonyl (C=O) groups excluding carboxylic acids is 3. The molecule has 0 spiro atoms. The van der Waals surface area contributed by atoms with E-state index in [2.05, 4.69) is 154 Å². The molecule has 0 fully saturated rings. The van der Waals surface area contributed by atoms with Gasteiger partial charge in [-0.2, -0.15) is 0 Å². The number of hydrogen-bond donors (Lipinski definition) is 4. The molecule has 5 unspecified atom stereocenters. The second-order valence-corrected chi connectivity index (χ2v) is 24.1. The topological polar surface area (TPSA) is 231 Å². The Morgan fingerprint density at radius 2 is 0.609 bits per heavy atom.